The van der Waals surface area contributed by atoms with Gasteiger partial charge in [-0.3, -0.25) is 9.79 Å². The van der Waals surface area contributed by atoms with Gasteiger partial charge in [0.05, 0.1) is 0 Å². The Bertz CT molecular complexity index is 823. The fraction of sp³-hybridized carbons (Fsp3) is 0.455. The molecule has 0 aliphatic carbocycles. The lowest BCUT2D eigenvalue weighted by Gasteiger charge is -2.36. The topological polar surface area (TPSA) is 51.2 Å². The van der Waals surface area contributed by atoms with Crippen LogP contribution in [0.15, 0.2) is 46.8 Å². The molecule has 2 heterocycles. The Labute approximate surface area is 205 Å². The summed E-state index contributed by atoms with van der Waals surface area (Å²) in [5.41, 5.74) is 1.000. The van der Waals surface area contributed by atoms with Gasteiger partial charge in [-0.05, 0) is 42.1 Å². The maximum Gasteiger partial charge on any atom is 0.224 e. The standard InChI is InChI=1S/C22H30FN5OS.HI/c1-24-22(26(2)12-10-20-4-3-17-30-20)25-11-9-21(29)28-15-13-27(14-16-28)19-7-5-18(23)6-8-19;/h3-8,17H,9-16H2,1-2H3,(H,24,25);1H. The number of hydrogen-bond donors (Lipinski definition) is 1. The van der Waals surface area contributed by atoms with Gasteiger partial charge in [0.25, 0.3) is 0 Å². The van der Waals surface area contributed by atoms with Crippen molar-refractivity contribution in [1.29, 1.82) is 0 Å². The average molecular weight is 559 g/mol. The largest absolute Gasteiger partial charge is 0.368 e. The number of anilines is 1. The predicted octanol–water partition coefficient (Wildman–Crippen LogP) is 3.29. The first-order chi connectivity index (χ1) is 14.6. The molecule has 3 rings (SSSR count). The van der Waals surface area contributed by atoms with Gasteiger partial charge in [0.1, 0.15) is 5.82 Å². The third-order valence-electron chi connectivity index (χ3n) is 5.29. The molecule has 1 aromatic carbocycles. The van der Waals surface area contributed by atoms with Crippen LogP contribution in [0.1, 0.15) is 11.3 Å². The first kappa shape index (κ1) is 25.4. The third kappa shape index (κ3) is 7.64. The summed E-state index contributed by atoms with van der Waals surface area (Å²) in [5.74, 6) is 0.727. The van der Waals surface area contributed by atoms with Gasteiger partial charge in [0.2, 0.25) is 5.91 Å². The highest BCUT2D eigenvalue weighted by Gasteiger charge is 2.21. The van der Waals surface area contributed by atoms with Crippen molar-refractivity contribution in [2.45, 2.75) is 12.8 Å². The summed E-state index contributed by atoms with van der Waals surface area (Å²) in [5, 5.41) is 5.39. The van der Waals surface area contributed by atoms with E-state index < -0.39 is 0 Å². The van der Waals surface area contributed by atoms with E-state index in [2.05, 4.69) is 37.6 Å². The van der Waals surface area contributed by atoms with Gasteiger partial charge < -0.3 is 20.0 Å². The molecule has 0 unspecified atom stereocenters. The molecular formula is C22H31FIN5OS. The van der Waals surface area contributed by atoms with Crippen molar-refractivity contribution in [2.75, 3.05) is 58.3 Å². The predicted molar refractivity (Wildman–Crippen MR) is 137 cm³/mol. The molecular weight excluding hydrogens is 528 g/mol. The van der Waals surface area contributed by atoms with E-state index in [1.807, 2.05) is 11.9 Å². The number of guanidine groups is 1. The average Bonchev–Trinajstić information content (AvgIpc) is 3.29. The Morgan fingerprint density at radius 3 is 2.52 bits per heavy atom. The first-order valence-electron chi connectivity index (χ1n) is 10.3. The third-order valence-corrected chi connectivity index (χ3v) is 6.23. The lowest BCUT2D eigenvalue weighted by atomic mass is 10.2. The van der Waals surface area contributed by atoms with E-state index in [-0.39, 0.29) is 35.7 Å². The molecule has 0 radical (unpaired) electrons. The lowest BCUT2D eigenvalue weighted by molar-refractivity contribution is -0.131. The summed E-state index contributed by atoms with van der Waals surface area (Å²) in [6, 6.07) is 10.7. The van der Waals surface area contributed by atoms with Crippen LogP contribution in [0.2, 0.25) is 0 Å². The summed E-state index contributed by atoms with van der Waals surface area (Å²) in [4.78, 5) is 24.4. The number of piperazine rings is 1. The normalized spacial score (nSPS) is 14.2. The molecule has 0 saturated carbocycles. The van der Waals surface area contributed by atoms with E-state index in [1.165, 1.54) is 17.0 Å². The molecule has 9 heteroatoms. The molecule has 1 N–H and O–H groups in total. The van der Waals surface area contributed by atoms with Gasteiger partial charge in [0.15, 0.2) is 5.96 Å². The molecule has 1 aromatic heterocycles. The van der Waals surface area contributed by atoms with Crippen molar-refractivity contribution in [1.82, 2.24) is 15.1 Å². The molecule has 0 spiro atoms. The molecule has 1 aliphatic rings. The van der Waals surface area contributed by atoms with Crippen molar-refractivity contribution < 1.29 is 9.18 Å². The van der Waals surface area contributed by atoms with E-state index in [9.17, 15) is 9.18 Å². The molecule has 170 valence electrons. The second kappa shape index (κ2) is 12.8. The Morgan fingerprint density at radius 1 is 1.19 bits per heavy atom. The molecule has 1 amide bonds. The monoisotopic (exact) mass is 559 g/mol. The Morgan fingerprint density at radius 2 is 1.90 bits per heavy atom. The number of amides is 1. The van der Waals surface area contributed by atoms with Crippen LogP contribution in [0, 0.1) is 5.82 Å². The summed E-state index contributed by atoms with van der Waals surface area (Å²) in [6.07, 6.45) is 1.42. The fourth-order valence-electron chi connectivity index (χ4n) is 3.53. The Balaban J connectivity index is 0.00000341. The van der Waals surface area contributed by atoms with Gasteiger partial charge in [-0.2, -0.15) is 0 Å². The number of halogens is 2. The van der Waals surface area contributed by atoms with Crippen LogP contribution in [-0.4, -0.2) is 75.0 Å². The second-order valence-corrected chi connectivity index (χ2v) is 8.35. The van der Waals surface area contributed by atoms with Gasteiger partial charge in [-0.15, -0.1) is 35.3 Å². The fourth-order valence-corrected chi connectivity index (χ4v) is 4.23. The number of nitrogens with one attached hydrogen (secondary N) is 1. The quantitative estimate of drug-likeness (QED) is 0.322. The maximum atomic E-state index is 13.1. The summed E-state index contributed by atoms with van der Waals surface area (Å²) in [6.45, 7) is 4.33. The molecule has 6 nitrogen and oxygen atoms in total. The summed E-state index contributed by atoms with van der Waals surface area (Å²) >= 11 is 1.76. The molecule has 1 aliphatic heterocycles. The van der Waals surface area contributed by atoms with Crippen molar-refractivity contribution in [3.63, 3.8) is 0 Å². The lowest BCUT2D eigenvalue weighted by Crippen LogP contribution is -2.49. The molecule has 0 atom stereocenters. The second-order valence-electron chi connectivity index (χ2n) is 7.32. The molecule has 31 heavy (non-hydrogen) atoms. The summed E-state index contributed by atoms with van der Waals surface area (Å²) in [7, 11) is 3.78. The first-order valence-corrected chi connectivity index (χ1v) is 11.2. The summed E-state index contributed by atoms with van der Waals surface area (Å²) < 4.78 is 13.1. The van der Waals surface area contributed by atoms with Crippen LogP contribution in [0.3, 0.4) is 0 Å². The minimum atomic E-state index is -0.229. The van der Waals surface area contributed by atoms with Crippen LogP contribution in [0.4, 0.5) is 10.1 Å². The smallest absolute Gasteiger partial charge is 0.224 e. The number of rotatable bonds is 7. The number of carbonyl (C=O) groups is 1. The molecule has 1 fully saturated rings. The van der Waals surface area contributed by atoms with Crippen molar-refractivity contribution in [3.05, 3.63) is 52.5 Å². The maximum absolute atomic E-state index is 13.1. The number of thiophene rings is 1. The minimum absolute atomic E-state index is 0. The molecule has 1 saturated heterocycles. The zero-order chi connectivity index (χ0) is 21.3. The minimum Gasteiger partial charge on any atom is -0.368 e. The van der Waals surface area contributed by atoms with Gasteiger partial charge >= 0.3 is 0 Å². The number of likely N-dealkylation sites (N-methyl/N-ethyl adjacent to an activating group) is 1. The number of carbonyl (C=O) groups excluding carboxylic acids is 1. The van der Waals surface area contributed by atoms with Crippen molar-refractivity contribution in [3.8, 4) is 0 Å². The highest BCUT2D eigenvalue weighted by Crippen LogP contribution is 2.17. The zero-order valence-corrected chi connectivity index (χ0v) is 21.2. The van der Waals surface area contributed by atoms with E-state index in [0.717, 1.165) is 37.7 Å². The van der Waals surface area contributed by atoms with Gasteiger partial charge in [-0.25, -0.2) is 4.39 Å². The number of nitrogens with zero attached hydrogens (tertiary/aromatic N) is 4. The Kier molecular flexibility index (Phi) is 10.5. The van der Waals surface area contributed by atoms with Gasteiger partial charge in [0, 0.05) is 70.3 Å². The highest BCUT2D eigenvalue weighted by atomic mass is 127. The van der Waals surface area contributed by atoms with E-state index in [4.69, 9.17) is 0 Å². The van der Waals surface area contributed by atoms with Crippen molar-refractivity contribution >= 4 is 52.9 Å². The van der Waals surface area contributed by atoms with Crippen LogP contribution >= 0.6 is 35.3 Å². The van der Waals surface area contributed by atoms with Crippen LogP contribution in [-0.2, 0) is 11.2 Å². The van der Waals surface area contributed by atoms with Crippen LogP contribution in [0.25, 0.3) is 0 Å². The van der Waals surface area contributed by atoms with Crippen LogP contribution in [0.5, 0.6) is 0 Å². The Hall–Kier alpha value is -1.88. The van der Waals surface area contributed by atoms with Crippen LogP contribution < -0.4 is 10.2 Å². The highest BCUT2D eigenvalue weighted by molar-refractivity contribution is 14.0. The van der Waals surface area contributed by atoms with Gasteiger partial charge in [-0.1, -0.05) is 6.07 Å². The number of benzene rings is 1. The molecule has 2 aromatic rings. The number of hydrogen-bond acceptors (Lipinski definition) is 4. The van der Waals surface area contributed by atoms with E-state index in [1.54, 1.807) is 30.5 Å². The van der Waals surface area contributed by atoms with E-state index >= 15 is 0 Å². The van der Waals surface area contributed by atoms with E-state index in [0.29, 0.717) is 26.1 Å². The van der Waals surface area contributed by atoms with Crippen molar-refractivity contribution in [2.24, 2.45) is 4.99 Å². The zero-order valence-electron chi connectivity index (χ0n) is 18.1. The molecule has 0 bridgehead atoms. The number of aliphatic imine (C=N–C) groups is 1. The SMILES string of the molecule is CN=C(NCCC(=O)N1CCN(c2ccc(F)cc2)CC1)N(C)CCc1cccs1.I.